The van der Waals surface area contributed by atoms with Crippen molar-refractivity contribution in [1.82, 2.24) is 0 Å². The molecule has 0 bridgehead atoms. The lowest BCUT2D eigenvalue weighted by molar-refractivity contribution is -0.344. The third-order valence-corrected chi connectivity index (χ3v) is 2.60. The van der Waals surface area contributed by atoms with Crippen LogP contribution in [0.2, 0.25) is 0 Å². The van der Waals surface area contributed by atoms with Crippen molar-refractivity contribution >= 4 is 0 Å². The maximum absolute atomic E-state index is 12.9. The second kappa shape index (κ2) is 7.25. The second-order valence-corrected chi connectivity index (χ2v) is 4.48. The van der Waals surface area contributed by atoms with Gasteiger partial charge in [0.1, 0.15) is 6.26 Å². The summed E-state index contributed by atoms with van der Waals surface area (Å²) in [6.45, 7) is -3.16. The third-order valence-electron chi connectivity index (χ3n) is 2.60. The number of hydrogen-bond donors (Lipinski definition) is 0. The highest BCUT2D eigenvalue weighted by Crippen LogP contribution is 2.49. The molecule has 0 rings (SSSR count). The number of allylic oxidation sites excluding steroid dienone is 1. The number of rotatable bonds is 9. The minimum Gasteiger partial charge on any atom is -0.492 e. The van der Waals surface area contributed by atoms with E-state index in [0.717, 1.165) is 0 Å². The topological polar surface area (TPSA) is 9.23 Å². The van der Waals surface area contributed by atoms with E-state index >= 15 is 0 Å². The van der Waals surface area contributed by atoms with Gasteiger partial charge in [-0.2, -0.15) is 43.9 Å². The fourth-order valence-corrected chi connectivity index (χ4v) is 1.06. The summed E-state index contributed by atoms with van der Waals surface area (Å²) in [5.41, 5.74) is 0. The van der Waals surface area contributed by atoms with Crippen LogP contribution in [0.15, 0.2) is 12.1 Å². The van der Waals surface area contributed by atoms with E-state index < -0.39 is 61.2 Å². The maximum atomic E-state index is 12.9. The Labute approximate surface area is 133 Å². The van der Waals surface area contributed by atoms with Crippen molar-refractivity contribution in [2.75, 3.05) is 6.61 Å². The summed E-state index contributed by atoms with van der Waals surface area (Å²) in [6.07, 6.45) is -11.9. The lowest BCUT2D eigenvalue weighted by Crippen LogP contribution is -2.59. The molecule has 0 amide bonds. The van der Waals surface area contributed by atoms with Crippen LogP contribution in [0.25, 0.3) is 0 Å². The van der Waals surface area contributed by atoms with Crippen LogP contribution in [0, 0.1) is 0 Å². The van der Waals surface area contributed by atoms with Gasteiger partial charge in [0, 0.05) is 0 Å². The Hall–Kier alpha value is -1.51. The van der Waals surface area contributed by atoms with E-state index in [0.29, 0.717) is 0 Å². The molecule has 0 aromatic heterocycles. The number of halogens is 15. The van der Waals surface area contributed by atoms with Crippen LogP contribution >= 0.6 is 0 Å². The van der Waals surface area contributed by atoms with Gasteiger partial charge in [-0.3, -0.25) is 0 Å². The Morgan fingerprint density at radius 2 is 1.12 bits per heavy atom. The second-order valence-electron chi connectivity index (χ2n) is 4.48. The van der Waals surface area contributed by atoms with Crippen molar-refractivity contribution in [1.29, 1.82) is 0 Å². The van der Waals surface area contributed by atoms with Gasteiger partial charge in [0.15, 0.2) is 6.61 Å². The molecular formula is C10H5F15O. The SMILES string of the molecule is FC(=COCC(F)(F)C(F)(F)C(F)(F)C(F)F)C(F)(F)C(F)(F)C(F)F. The summed E-state index contributed by atoms with van der Waals surface area (Å²) in [4.78, 5) is 0. The molecule has 0 spiro atoms. The minimum absolute atomic E-state index is 1.44. The van der Waals surface area contributed by atoms with Crippen molar-refractivity contribution in [2.45, 2.75) is 42.5 Å². The molecule has 0 heterocycles. The first-order valence-electron chi connectivity index (χ1n) is 5.70. The van der Waals surface area contributed by atoms with E-state index in [9.17, 15) is 65.9 Å². The molecule has 16 heteroatoms. The van der Waals surface area contributed by atoms with Crippen molar-refractivity contribution in [3.8, 4) is 0 Å². The molecule has 0 fully saturated rings. The minimum atomic E-state index is -6.84. The summed E-state index contributed by atoms with van der Waals surface area (Å²) < 4.78 is 189. The summed E-state index contributed by atoms with van der Waals surface area (Å²) in [5.74, 6) is -36.1. The third kappa shape index (κ3) is 4.07. The van der Waals surface area contributed by atoms with E-state index in [1.807, 2.05) is 0 Å². The molecular weight excluding hydrogens is 421 g/mol. The number of hydrogen-bond acceptors (Lipinski definition) is 1. The predicted molar refractivity (Wildman–Crippen MR) is 51.9 cm³/mol. The van der Waals surface area contributed by atoms with Crippen LogP contribution in [0.3, 0.4) is 0 Å². The average molecular weight is 426 g/mol. The standard InChI is InChI=1S/C10H5F15O/c11-3(7(18,19)8(20,21)4(12)13)1-26-2-6(16,17)10(24,25)9(22,23)5(14)15/h1,4-5H,2H2. The molecule has 0 atom stereocenters. The van der Waals surface area contributed by atoms with Gasteiger partial charge in [0.05, 0.1) is 0 Å². The Morgan fingerprint density at radius 3 is 1.46 bits per heavy atom. The molecule has 0 unspecified atom stereocenters. The molecule has 0 aliphatic rings. The van der Waals surface area contributed by atoms with Gasteiger partial charge < -0.3 is 4.74 Å². The Balaban J connectivity index is 5.39. The first-order valence-corrected chi connectivity index (χ1v) is 5.70. The highest BCUT2D eigenvalue weighted by molar-refractivity contribution is 5.09. The van der Waals surface area contributed by atoms with Crippen LogP contribution in [0.1, 0.15) is 0 Å². The van der Waals surface area contributed by atoms with E-state index in [4.69, 9.17) is 0 Å². The Kier molecular flexibility index (Phi) is 6.83. The quantitative estimate of drug-likeness (QED) is 0.349. The molecule has 0 saturated heterocycles. The van der Waals surface area contributed by atoms with Crippen LogP contribution < -0.4 is 0 Å². The highest BCUT2D eigenvalue weighted by atomic mass is 19.4. The van der Waals surface area contributed by atoms with Crippen LogP contribution in [0.4, 0.5) is 65.9 Å². The van der Waals surface area contributed by atoms with Gasteiger partial charge in [0.2, 0.25) is 5.83 Å². The van der Waals surface area contributed by atoms with Crippen molar-refractivity contribution in [2.24, 2.45) is 0 Å². The van der Waals surface area contributed by atoms with E-state index in [-0.39, 0.29) is 0 Å². The fourth-order valence-electron chi connectivity index (χ4n) is 1.06. The largest absolute Gasteiger partial charge is 0.492 e. The van der Waals surface area contributed by atoms with Crippen molar-refractivity contribution in [3.05, 3.63) is 12.1 Å². The molecule has 0 radical (unpaired) electrons. The summed E-state index contributed by atoms with van der Waals surface area (Å²) in [5, 5.41) is 0. The Bertz CT molecular complexity index is 509. The summed E-state index contributed by atoms with van der Waals surface area (Å²) >= 11 is 0. The van der Waals surface area contributed by atoms with Crippen LogP contribution in [-0.2, 0) is 4.74 Å². The molecule has 1 nitrogen and oxygen atoms in total. The molecule has 0 aromatic carbocycles. The van der Waals surface area contributed by atoms with Gasteiger partial charge in [-0.25, -0.2) is 22.0 Å². The zero-order chi connectivity index (χ0) is 21.4. The molecule has 0 N–H and O–H groups in total. The highest BCUT2D eigenvalue weighted by Gasteiger charge is 2.75. The first-order chi connectivity index (χ1) is 11.3. The van der Waals surface area contributed by atoms with Gasteiger partial charge in [-0.05, 0) is 0 Å². The zero-order valence-electron chi connectivity index (χ0n) is 11.5. The smallest absolute Gasteiger partial charge is 0.381 e. The normalized spacial score (nSPS) is 15.8. The molecule has 156 valence electrons. The van der Waals surface area contributed by atoms with Crippen LogP contribution in [0.5, 0.6) is 0 Å². The van der Waals surface area contributed by atoms with E-state index in [1.54, 1.807) is 0 Å². The lowest BCUT2D eigenvalue weighted by Gasteiger charge is -2.31. The van der Waals surface area contributed by atoms with Crippen molar-refractivity contribution in [3.63, 3.8) is 0 Å². The monoisotopic (exact) mass is 426 g/mol. The maximum Gasteiger partial charge on any atom is 0.381 e. The van der Waals surface area contributed by atoms with E-state index in [1.165, 1.54) is 0 Å². The number of ether oxygens (including phenoxy) is 1. The lowest BCUT2D eigenvalue weighted by atomic mass is 10.1. The van der Waals surface area contributed by atoms with Gasteiger partial charge >= 0.3 is 42.5 Å². The molecule has 26 heavy (non-hydrogen) atoms. The summed E-state index contributed by atoms with van der Waals surface area (Å²) in [7, 11) is 0. The Morgan fingerprint density at radius 1 is 0.731 bits per heavy atom. The van der Waals surface area contributed by atoms with Crippen molar-refractivity contribution < 1.29 is 70.6 Å². The van der Waals surface area contributed by atoms with Crippen LogP contribution in [-0.4, -0.2) is 49.1 Å². The fraction of sp³-hybridized carbons (Fsp3) is 0.800. The van der Waals surface area contributed by atoms with Gasteiger partial charge in [-0.1, -0.05) is 0 Å². The first kappa shape index (κ1) is 24.5. The summed E-state index contributed by atoms with van der Waals surface area (Å²) in [6, 6.07) is 0. The van der Waals surface area contributed by atoms with Gasteiger partial charge in [-0.15, -0.1) is 0 Å². The predicted octanol–water partition coefficient (Wildman–Crippen LogP) is 5.52. The van der Waals surface area contributed by atoms with E-state index in [2.05, 4.69) is 4.74 Å². The zero-order valence-corrected chi connectivity index (χ0v) is 11.5. The average Bonchev–Trinajstić information content (AvgIpc) is 2.45. The number of alkyl halides is 14. The van der Waals surface area contributed by atoms with Gasteiger partial charge in [0.25, 0.3) is 0 Å². The molecule has 0 aliphatic carbocycles. The molecule has 0 aliphatic heterocycles. The molecule has 0 saturated carbocycles. The molecule has 0 aromatic rings.